The maximum Gasteiger partial charge on any atom is 0.233 e. The van der Waals surface area contributed by atoms with E-state index in [9.17, 15) is 14.4 Å². The average Bonchev–Trinajstić information content (AvgIpc) is 3.12. The molecule has 1 fully saturated rings. The standard InChI is InChI=1S/C23H24N2O3/c1-15-12-20(16(2)24(15)13-17-8-4-3-5-9-17)21(26)14-25-22(27)18-10-6-7-11-19(18)23(25)28/h3-9,12,18-19H,10-11,13-14H2,1-2H3/t18-,19+. The van der Waals surface area contributed by atoms with Gasteiger partial charge < -0.3 is 4.57 Å². The summed E-state index contributed by atoms with van der Waals surface area (Å²) in [5, 5.41) is 0. The molecule has 2 atom stereocenters. The van der Waals surface area contributed by atoms with Gasteiger partial charge in [-0.2, -0.15) is 0 Å². The smallest absolute Gasteiger partial charge is 0.233 e. The number of Topliss-reactive ketones (excluding diaryl/α,β-unsaturated/α-hetero) is 1. The summed E-state index contributed by atoms with van der Waals surface area (Å²) in [6.45, 7) is 4.41. The summed E-state index contributed by atoms with van der Waals surface area (Å²) in [6.07, 6.45) is 5.08. The molecule has 0 spiro atoms. The average molecular weight is 376 g/mol. The molecule has 144 valence electrons. The van der Waals surface area contributed by atoms with Crippen molar-refractivity contribution in [2.24, 2.45) is 11.8 Å². The molecule has 28 heavy (non-hydrogen) atoms. The van der Waals surface area contributed by atoms with Crippen LogP contribution in [-0.4, -0.2) is 33.6 Å². The second-order valence-electron chi connectivity index (χ2n) is 7.70. The second kappa shape index (κ2) is 7.23. The fourth-order valence-corrected chi connectivity index (χ4v) is 4.35. The van der Waals surface area contributed by atoms with E-state index in [1.54, 1.807) is 0 Å². The Balaban J connectivity index is 1.54. The molecular weight excluding hydrogens is 352 g/mol. The molecule has 0 radical (unpaired) electrons. The van der Waals surface area contributed by atoms with Crippen molar-refractivity contribution < 1.29 is 14.4 Å². The highest BCUT2D eigenvalue weighted by atomic mass is 16.2. The number of nitrogens with zero attached hydrogens (tertiary/aromatic N) is 2. The summed E-state index contributed by atoms with van der Waals surface area (Å²) in [5.41, 5.74) is 3.60. The highest BCUT2D eigenvalue weighted by Crippen LogP contribution is 2.35. The summed E-state index contributed by atoms with van der Waals surface area (Å²) in [4.78, 5) is 39.4. The van der Waals surface area contributed by atoms with Gasteiger partial charge in [-0.05, 0) is 38.3 Å². The molecule has 0 unspecified atom stereocenters. The first-order valence-corrected chi connectivity index (χ1v) is 9.71. The monoisotopic (exact) mass is 376 g/mol. The van der Waals surface area contributed by atoms with Crippen LogP contribution >= 0.6 is 0 Å². The number of aryl methyl sites for hydroxylation is 1. The highest BCUT2D eigenvalue weighted by molar-refractivity contribution is 6.10. The van der Waals surface area contributed by atoms with E-state index in [0.29, 0.717) is 24.9 Å². The molecule has 1 aromatic carbocycles. The molecule has 2 amide bonds. The zero-order valence-electron chi connectivity index (χ0n) is 16.2. The first kappa shape index (κ1) is 18.4. The molecule has 2 aliphatic rings. The van der Waals surface area contributed by atoms with Gasteiger partial charge in [-0.25, -0.2) is 0 Å². The number of allylic oxidation sites excluding steroid dienone is 2. The van der Waals surface area contributed by atoms with Crippen molar-refractivity contribution in [2.45, 2.75) is 33.2 Å². The molecule has 0 N–H and O–H groups in total. The van der Waals surface area contributed by atoms with Gasteiger partial charge in [0, 0.05) is 23.5 Å². The van der Waals surface area contributed by atoms with Crippen molar-refractivity contribution in [3.05, 3.63) is 71.1 Å². The van der Waals surface area contributed by atoms with Crippen LogP contribution in [0.5, 0.6) is 0 Å². The molecule has 0 bridgehead atoms. The Morgan fingerprint density at radius 2 is 1.61 bits per heavy atom. The van der Waals surface area contributed by atoms with Crippen molar-refractivity contribution in [1.29, 1.82) is 0 Å². The van der Waals surface area contributed by atoms with Crippen LogP contribution in [-0.2, 0) is 16.1 Å². The minimum Gasteiger partial charge on any atom is -0.344 e. The van der Waals surface area contributed by atoms with E-state index in [4.69, 9.17) is 0 Å². The Morgan fingerprint density at radius 3 is 2.21 bits per heavy atom. The van der Waals surface area contributed by atoms with E-state index < -0.39 is 0 Å². The number of carbonyl (C=O) groups is 3. The molecule has 1 aliphatic heterocycles. The van der Waals surface area contributed by atoms with E-state index >= 15 is 0 Å². The summed E-state index contributed by atoms with van der Waals surface area (Å²) < 4.78 is 2.10. The third kappa shape index (κ3) is 3.11. The number of ketones is 1. The third-order valence-electron chi connectivity index (χ3n) is 5.96. The van der Waals surface area contributed by atoms with Gasteiger partial charge in [0.2, 0.25) is 11.8 Å². The predicted molar refractivity (Wildman–Crippen MR) is 106 cm³/mol. The minimum atomic E-state index is -0.296. The van der Waals surface area contributed by atoms with Crippen molar-refractivity contribution in [2.75, 3.05) is 6.54 Å². The van der Waals surface area contributed by atoms with Crippen LogP contribution in [0.15, 0.2) is 48.6 Å². The lowest BCUT2D eigenvalue weighted by atomic mass is 9.85. The SMILES string of the molecule is Cc1cc(C(=O)CN2C(=O)[C@H]3CC=CC[C@H]3C2=O)c(C)n1Cc1ccccc1. The van der Waals surface area contributed by atoms with Gasteiger partial charge in [-0.1, -0.05) is 42.5 Å². The zero-order chi connectivity index (χ0) is 19.8. The van der Waals surface area contributed by atoms with Crippen LogP contribution in [0.2, 0.25) is 0 Å². The number of hydrogen-bond donors (Lipinski definition) is 0. The quantitative estimate of drug-likeness (QED) is 0.457. The number of imide groups is 1. The fraction of sp³-hybridized carbons (Fsp3) is 0.348. The van der Waals surface area contributed by atoms with Gasteiger partial charge in [0.05, 0.1) is 18.4 Å². The minimum absolute atomic E-state index is 0.166. The predicted octanol–water partition coefficient (Wildman–Crippen LogP) is 3.29. The van der Waals surface area contributed by atoms with Crippen molar-refractivity contribution in [1.82, 2.24) is 9.47 Å². The maximum atomic E-state index is 13.0. The molecule has 1 saturated heterocycles. The Bertz CT molecular complexity index is 945. The van der Waals surface area contributed by atoms with Crippen molar-refractivity contribution >= 4 is 17.6 Å². The summed E-state index contributed by atoms with van der Waals surface area (Å²) in [5.74, 6) is -1.18. The topological polar surface area (TPSA) is 59.4 Å². The molecule has 0 saturated carbocycles. The van der Waals surface area contributed by atoms with Crippen LogP contribution in [0.25, 0.3) is 0 Å². The zero-order valence-corrected chi connectivity index (χ0v) is 16.2. The van der Waals surface area contributed by atoms with Crippen molar-refractivity contribution in [3.63, 3.8) is 0 Å². The maximum absolute atomic E-state index is 13.0. The lowest BCUT2D eigenvalue weighted by Crippen LogP contribution is -2.36. The fourth-order valence-electron chi connectivity index (χ4n) is 4.35. The normalized spacial score (nSPS) is 21.3. The lowest BCUT2D eigenvalue weighted by Gasteiger charge is -2.14. The number of rotatable bonds is 5. The molecule has 5 heteroatoms. The lowest BCUT2D eigenvalue weighted by molar-refractivity contribution is -0.139. The summed E-state index contributed by atoms with van der Waals surface area (Å²) in [7, 11) is 0. The number of aromatic nitrogens is 1. The molecule has 2 heterocycles. The molecular formula is C23H24N2O3. The number of amides is 2. The first-order valence-electron chi connectivity index (χ1n) is 9.71. The Kier molecular flexibility index (Phi) is 4.75. The van der Waals surface area contributed by atoms with Crippen LogP contribution in [0.1, 0.15) is 40.2 Å². The van der Waals surface area contributed by atoms with E-state index in [2.05, 4.69) is 16.7 Å². The molecule has 1 aromatic heterocycles. The third-order valence-corrected chi connectivity index (χ3v) is 5.96. The Labute approximate surface area is 164 Å². The number of fused-ring (bicyclic) bond motifs is 1. The molecule has 2 aromatic rings. The van der Waals surface area contributed by atoms with Crippen LogP contribution < -0.4 is 0 Å². The highest BCUT2D eigenvalue weighted by Gasteiger charge is 2.47. The van der Waals surface area contributed by atoms with Crippen LogP contribution in [0.4, 0.5) is 0 Å². The molecule has 4 rings (SSSR count). The second-order valence-corrected chi connectivity index (χ2v) is 7.70. The molecule has 1 aliphatic carbocycles. The van der Waals surface area contributed by atoms with E-state index in [-0.39, 0.29) is 36.0 Å². The first-order chi connectivity index (χ1) is 13.5. The van der Waals surface area contributed by atoms with Gasteiger partial charge in [0.25, 0.3) is 0 Å². The number of carbonyl (C=O) groups excluding carboxylic acids is 3. The van der Waals surface area contributed by atoms with Gasteiger partial charge in [-0.15, -0.1) is 0 Å². The molecule has 5 nitrogen and oxygen atoms in total. The largest absolute Gasteiger partial charge is 0.344 e. The van der Waals surface area contributed by atoms with Crippen molar-refractivity contribution in [3.8, 4) is 0 Å². The van der Waals surface area contributed by atoms with E-state index in [1.165, 1.54) is 4.90 Å². The van der Waals surface area contributed by atoms with Gasteiger partial charge in [-0.3, -0.25) is 19.3 Å². The van der Waals surface area contributed by atoms with Gasteiger partial charge in [0.1, 0.15) is 0 Å². The number of likely N-dealkylation sites (tertiary alicyclic amines) is 1. The van der Waals surface area contributed by atoms with Crippen LogP contribution in [0.3, 0.4) is 0 Å². The van der Waals surface area contributed by atoms with E-state index in [0.717, 1.165) is 17.0 Å². The van der Waals surface area contributed by atoms with Crippen LogP contribution in [0, 0.1) is 25.7 Å². The van der Waals surface area contributed by atoms with Gasteiger partial charge >= 0.3 is 0 Å². The number of hydrogen-bond acceptors (Lipinski definition) is 3. The van der Waals surface area contributed by atoms with E-state index in [1.807, 2.05) is 50.3 Å². The summed E-state index contributed by atoms with van der Waals surface area (Å²) in [6, 6.07) is 11.9. The number of benzene rings is 1. The Morgan fingerprint density at radius 1 is 1.00 bits per heavy atom. The Hall–Kier alpha value is -2.95. The van der Waals surface area contributed by atoms with Gasteiger partial charge in [0.15, 0.2) is 5.78 Å². The summed E-state index contributed by atoms with van der Waals surface area (Å²) >= 11 is 0.